The number of rotatable bonds is 8. The summed E-state index contributed by atoms with van der Waals surface area (Å²) in [6, 6.07) is 2.75. The van der Waals surface area contributed by atoms with Gasteiger partial charge in [-0.05, 0) is 12.0 Å². The first-order valence-corrected chi connectivity index (χ1v) is 7.08. The van der Waals surface area contributed by atoms with Gasteiger partial charge >= 0.3 is 5.97 Å². The quantitative estimate of drug-likeness (QED) is 0.555. The first kappa shape index (κ1) is 18.4. The van der Waals surface area contributed by atoms with E-state index in [9.17, 15) is 24.8 Å². The molecule has 0 unspecified atom stereocenters. The summed E-state index contributed by atoms with van der Waals surface area (Å²) in [4.78, 5) is 33.4. The lowest BCUT2D eigenvalue weighted by atomic mass is 10.0. The van der Waals surface area contributed by atoms with Gasteiger partial charge < -0.3 is 15.2 Å². The number of nitrogens with zero attached hydrogens (tertiary/aromatic N) is 1. The number of carbonyl (C=O) groups excluding carboxylic acids is 1. The van der Waals surface area contributed by atoms with Gasteiger partial charge in [0.1, 0.15) is 11.8 Å². The zero-order valence-corrected chi connectivity index (χ0v) is 13.2. The number of aliphatic carboxylic acids is 1. The normalized spacial score (nSPS) is 11.8. The fourth-order valence-electron chi connectivity index (χ4n) is 2.08. The summed E-state index contributed by atoms with van der Waals surface area (Å²) in [5, 5.41) is 22.6. The van der Waals surface area contributed by atoms with Gasteiger partial charge in [-0.25, -0.2) is 4.79 Å². The van der Waals surface area contributed by atoms with Crippen LogP contribution in [-0.4, -0.2) is 35.1 Å². The van der Waals surface area contributed by atoms with E-state index in [-0.39, 0.29) is 30.4 Å². The van der Waals surface area contributed by atoms with Crippen LogP contribution in [0, 0.1) is 16.0 Å². The molecule has 0 bridgehead atoms. The van der Waals surface area contributed by atoms with E-state index in [4.69, 9.17) is 4.74 Å². The lowest BCUT2D eigenvalue weighted by molar-refractivity contribution is -0.384. The zero-order valence-electron chi connectivity index (χ0n) is 13.2. The summed E-state index contributed by atoms with van der Waals surface area (Å²) in [6.07, 6.45) is 0.0971. The molecule has 0 saturated carbocycles. The number of carboxylic acids is 1. The van der Waals surface area contributed by atoms with Crippen LogP contribution in [0.25, 0.3) is 0 Å². The summed E-state index contributed by atoms with van der Waals surface area (Å²) < 4.78 is 5.10. The fraction of sp³-hybridized carbons (Fsp3) is 0.467. The van der Waals surface area contributed by atoms with Gasteiger partial charge in [-0.15, -0.1) is 0 Å². The predicted molar refractivity (Wildman–Crippen MR) is 82.4 cm³/mol. The minimum Gasteiger partial charge on any atom is -0.496 e. The zero-order chi connectivity index (χ0) is 17.6. The van der Waals surface area contributed by atoms with Crippen molar-refractivity contribution in [2.45, 2.75) is 32.7 Å². The van der Waals surface area contributed by atoms with Gasteiger partial charge in [0.15, 0.2) is 0 Å². The summed E-state index contributed by atoms with van der Waals surface area (Å²) >= 11 is 0. The van der Waals surface area contributed by atoms with Gasteiger partial charge in [-0.3, -0.25) is 14.9 Å². The van der Waals surface area contributed by atoms with E-state index in [0.29, 0.717) is 11.3 Å². The molecule has 1 amide bonds. The summed E-state index contributed by atoms with van der Waals surface area (Å²) in [7, 11) is 1.39. The molecular weight excluding hydrogens is 304 g/mol. The second kappa shape index (κ2) is 8.11. The Bertz CT molecular complexity index is 600. The second-order valence-corrected chi connectivity index (χ2v) is 5.51. The number of nitro groups is 1. The summed E-state index contributed by atoms with van der Waals surface area (Å²) in [6.45, 7) is 3.69. The third-order valence-corrected chi connectivity index (χ3v) is 3.13. The highest BCUT2D eigenvalue weighted by molar-refractivity contribution is 5.83. The molecule has 1 aromatic carbocycles. The fourth-order valence-corrected chi connectivity index (χ4v) is 2.08. The molecule has 1 atom stereocenters. The van der Waals surface area contributed by atoms with Crippen LogP contribution >= 0.6 is 0 Å². The highest BCUT2D eigenvalue weighted by atomic mass is 16.6. The van der Waals surface area contributed by atoms with Crippen LogP contribution in [0.15, 0.2) is 18.2 Å². The predicted octanol–water partition coefficient (Wildman–Crippen LogP) is 1.76. The standard InChI is InChI=1S/C15H20N2O6/c1-9(2)6-14(18)16-12(15(19)20)8-10-7-11(17(21)22)4-5-13(10)23-3/h4-5,7,9,12H,6,8H2,1-3H3,(H,16,18)(H,19,20)/t12-/m1/s1. The van der Waals surface area contributed by atoms with E-state index in [1.165, 1.54) is 25.3 Å². The van der Waals surface area contributed by atoms with Crippen LogP contribution in [0.4, 0.5) is 5.69 Å². The lowest BCUT2D eigenvalue weighted by Gasteiger charge is -2.17. The highest BCUT2D eigenvalue weighted by Gasteiger charge is 2.23. The Hall–Kier alpha value is -2.64. The van der Waals surface area contributed by atoms with Crippen LogP contribution in [0.1, 0.15) is 25.8 Å². The number of carbonyl (C=O) groups is 2. The lowest BCUT2D eigenvalue weighted by Crippen LogP contribution is -2.42. The van der Waals surface area contributed by atoms with Crippen LogP contribution in [-0.2, 0) is 16.0 Å². The Labute approximate surface area is 133 Å². The molecule has 0 spiro atoms. The number of ether oxygens (including phenoxy) is 1. The third kappa shape index (κ3) is 5.57. The van der Waals surface area contributed by atoms with Crippen molar-refractivity contribution in [2.75, 3.05) is 7.11 Å². The topological polar surface area (TPSA) is 119 Å². The van der Waals surface area contributed by atoms with Crippen molar-refractivity contribution < 1.29 is 24.4 Å². The highest BCUT2D eigenvalue weighted by Crippen LogP contribution is 2.25. The number of nitro benzene ring substituents is 1. The Morgan fingerprint density at radius 1 is 1.39 bits per heavy atom. The van der Waals surface area contributed by atoms with Crippen LogP contribution in [0.2, 0.25) is 0 Å². The number of amides is 1. The van der Waals surface area contributed by atoms with Crippen LogP contribution in [0.5, 0.6) is 5.75 Å². The molecule has 8 nitrogen and oxygen atoms in total. The van der Waals surface area contributed by atoms with Gasteiger partial charge in [-0.2, -0.15) is 0 Å². The number of benzene rings is 1. The van der Waals surface area contributed by atoms with Gasteiger partial charge in [0.05, 0.1) is 12.0 Å². The van der Waals surface area contributed by atoms with Crippen molar-refractivity contribution in [1.82, 2.24) is 5.32 Å². The van der Waals surface area contributed by atoms with Crippen LogP contribution < -0.4 is 10.1 Å². The van der Waals surface area contributed by atoms with E-state index in [1.54, 1.807) is 0 Å². The van der Waals surface area contributed by atoms with Gasteiger partial charge in [0.2, 0.25) is 5.91 Å². The Balaban J connectivity index is 2.99. The number of methoxy groups -OCH3 is 1. The van der Waals surface area contributed by atoms with E-state index >= 15 is 0 Å². The molecular formula is C15H20N2O6. The maximum absolute atomic E-state index is 11.8. The molecule has 0 aromatic heterocycles. The van der Waals surface area contributed by atoms with Crippen molar-refractivity contribution in [2.24, 2.45) is 5.92 Å². The minimum atomic E-state index is -1.21. The second-order valence-electron chi connectivity index (χ2n) is 5.51. The molecule has 0 heterocycles. The number of nitrogens with one attached hydrogen (secondary N) is 1. The maximum Gasteiger partial charge on any atom is 0.326 e. The molecule has 1 aromatic rings. The molecule has 0 saturated heterocycles. The number of hydrogen-bond acceptors (Lipinski definition) is 5. The van der Waals surface area contributed by atoms with Crippen molar-refractivity contribution in [3.63, 3.8) is 0 Å². The molecule has 0 radical (unpaired) electrons. The van der Waals surface area contributed by atoms with Gasteiger partial charge in [0, 0.05) is 30.5 Å². The number of hydrogen-bond donors (Lipinski definition) is 2. The molecule has 8 heteroatoms. The largest absolute Gasteiger partial charge is 0.496 e. The minimum absolute atomic E-state index is 0.0943. The van der Waals surface area contributed by atoms with Gasteiger partial charge in [0.25, 0.3) is 5.69 Å². The molecule has 23 heavy (non-hydrogen) atoms. The van der Waals surface area contributed by atoms with Crippen molar-refractivity contribution in [3.8, 4) is 5.75 Å². The number of carboxylic acid groups (broad SMARTS) is 1. The van der Waals surface area contributed by atoms with E-state index in [1.807, 2.05) is 13.8 Å². The molecule has 0 fully saturated rings. The number of non-ortho nitro benzene ring substituents is 1. The molecule has 0 aliphatic carbocycles. The molecule has 1 rings (SSSR count). The average molecular weight is 324 g/mol. The van der Waals surface area contributed by atoms with Gasteiger partial charge in [-0.1, -0.05) is 13.8 Å². The molecule has 0 aliphatic heterocycles. The summed E-state index contributed by atoms with van der Waals surface area (Å²) in [5.74, 6) is -1.16. The monoisotopic (exact) mass is 324 g/mol. The first-order chi connectivity index (χ1) is 10.7. The maximum atomic E-state index is 11.8. The van der Waals surface area contributed by atoms with E-state index in [0.717, 1.165) is 0 Å². The smallest absolute Gasteiger partial charge is 0.326 e. The van der Waals surface area contributed by atoms with E-state index < -0.39 is 16.9 Å². The average Bonchev–Trinajstić information content (AvgIpc) is 2.45. The molecule has 0 aliphatic rings. The van der Waals surface area contributed by atoms with Crippen molar-refractivity contribution in [3.05, 3.63) is 33.9 Å². The SMILES string of the molecule is COc1ccc([N+](=O)[O-])cc1C[C@@H](NC(=O)CC(C)C)C(=O)O. The van der Waals surface area contributed by atoms with Crippen molar-refractivity contribution in [1.29, 1.82) is 0 Å². The molecule has 2 N–H and O–H groups in total. The molecule has 126 valence electrons. The van der Waals surface area contributed by atoms with Crippen LogP contribution in [0.3, 0.4) is 0 Å². The third-order valence-electron chi connectivity index (χ3n) is 3.13. The summed E-state index contributed by atoms with van der Waals surface area (Å²) in [5.41, 5.74) is 0.178. The Morgan fingerprint density at radius 3 is 2.52 bits per heavy atom. The van der Waals surface area contributed by atoms with E-state index in [2.05, 4.69) is 5.32 Å². The Morgan fingerprint density at radius 2 is 2.04 bits per heavy atom. The van der Waals surface area contributed by atoms with Crippen molar-refractivity contribution >= 4 is 17.6 Å². The first-order valence-electron chi connectivity index (χ1n) is 7.08. The Kier molecular flexibility index (Phi) is 6.49.